The maximum Gasteiger partial charge on any atom is 0.137 e. The molecule has 0 radical (unpaired) electrons. The molecule has 0 fully saturated rings. The Balaban J connectivity index is 0.000000531. The van der Waals surface area contributed by atoms with E-state index in [1.165, 1.54) is 11.9 Å². The van der Waals surface area contributed by atoms with Crippen LogP contribution in [0.3, 0.4) is 0 Å². The van der Waals surface area contributed by atoms with E-state index >= 15 is 0 Å². The lowest BCUT2D eigenvalue weighted by atomic mass is 10.2. The topological polar surface area (TPSA) is 56.7 Å². The summed E-state index contributed by atoms with van der Waals surface area (Å²) >= 11 is 0. The molecule has 0 bridgehead atoms. The molecule has 15 heavy (non-hydrogen) atoms. The summed E-state index contributed by atoms with van der Waals surface area (Å²) in [6.07, 6.45) is 3.22. The zero-order chi connectivity index (χ0) is 11.1. The van der Waals surface area contributed by atoms with Crippen molar-refractivity contribution < 1.29 is 0 Å². The lowest BCUT2D eigenvalue weighted by Gasteiger charge is -2.00. The number of anilines is 1. The predicted octanol–water partition coefficient (Wildman–Crippen LogP) is 1.93. The van der Waals surface area contributed by atoms with Gasteiger partial charge >= 0.3 is 0 Å². The van der Waals surface area contributed by atoms with Gasteiger partial charge in [0, 0.05) is 5.69 Å². The minimum atomic E-state index is 0.736. The van der Waals surface area contributed by atoms with Crippen molar-refractivity contribution in [2.24, 2.45) is 0 Å². The normalized spacial score (nSPS) is 9.20. The molecule has 80 valence electrons. The van der Waals surface area contributed by atoms with Gasteiger partial charge in [-0.2, -0.15) is 5.10 Å². The minimum absolute atomic E-state index is 0.736. The summed E-state index contributed by atoms with van der Waals surface area (Å²) in [7, 11) is 0. The molecule has 0 unspecified atom stereocenters. The van der Waals surface area contributed by atoms with E-state index in [1.807, 2.05) is 38.1 Å². The van der Waals surface area contributed by atoms with Gasteiger partial charge < -0.3 is 5.73 Å². The Morgan fingerprint density at radius 2 is 1.87 bits per heavy atom. The van der Waals surface area contributed by atoms with E-state index in [0.29, 0.717) is 0 Å². The van der Waals surface area contributed by atoms with Crippen LogP contribution in [0.1, 0.15) is 19.4 Å². The fraction of sp³-hybridized carbons (Fsp3) is 0.273. The summed E-state index contributed by atoms with van der Waals surface area (Å²) in [5.41, 5.74) is 7.51. The number of aromatic nitrogens is 3. The van der Waals surface area contributed by atoms with Crippen molar-refractivity contribution in [1.29, 1.82) is 0 Å². The van der Waals surface area contributed by atoms with E-state index in [1.54, 1.807) is 11.0 Å². The molecule has 1 aromatic heterocycles. The molecule has 0 amide bonds. The van der Waals surface area contributed by atoms with Crippen LogP contribution < -0.4 is 5.73 Å². The molecule has 0 aliphatic rings. The standard InChI is InChI=1S/C9H10N4.C2H6/c10-9-3-1-8(2-4-9)5-13-7-11-6-12-13;1-2/h1-4,6-7H,5,10H2;1-2H3. The van der Waals surface area contributed by atoms with Crippen LogP contribution >= 0.6 is 0 Å². The molecular formula is C11H16N4. The first-order chi connectivity index (χ1) is 7.34. The van der Waals surface area contributed by atoms with E-state index in [0.717, 1.165) is 12.2 Å². The van der Waals surface area contributed by atoms with E-state index in [9.17, 15) is 0 Å². The average Bonchev–Trinajstić information content (AvgIpc) is 2.77. The van der Waals surface area contributed by atoms with Crippen molar-refractivity contribution in [3.05, 3.63) is 42.5 Å². The Labute approximate surface area is 89.8 Å². The van der Waals surface area contributed by atoms with Crippen molar-refractivity contribution in [2.45, 2.75) is 20.4 Å². The zero-order valence-electron chi connectivity index (χ0n) is 9.09. The Morgan fingerprint density at radius 1 is 1.20 bits per heavy atom. The summed E-state index contributed by atoms with van der Waals surface area (Å²) in [5, 5.41) is 4.01. The third-order valence-electron chi connectivity index (χ3n) is 1.79. The molecular weight excluding hydrogens is 188 g/mol. The van der Waals surface area contributed by atoms with Crippen molar-refractivity contribution >= 4 is 5.69 Å². The van der Waals surface area contributed by atoms with Crippen LogP contribution in [0.5, 0.6) is 0 Å². The highest BCUT2D eigenvalue weighted by molar-refractivity contribution is 5.39. The smallest absolute Gasteiger partial charge is 0.137 e. The molecule has 4 nitrogen and oxygen atoms in total. The second-order valence-electron chi connectivity index (χ2n) is 2.83. The highest BCUT2D eigenvalue weighted by Gasteiger charge is 1.94. The van der Waals surface area contributed by atoms with Gasteiger partial charge in [0.1, 0.15) is 12.7 Å². The SMILES string of the molecule is CC.Nc1ccc(Cn2cncn2)cc1. The Kier molecular flexibility index (Phi) is 4.34. The molecule has 2 rings (SSSR count). The van der Waals surface area contributed by atoms with Gasteiger partial charge in [0.15, 0.2) is 0 Å². The fourth-order valence-corrected chi connectivity index (χ4v) is 1.12. The number of nitrogens with two attached hydrogens (primary N) is 1. The maximum atomic E-state index is 5.57. The van der Waals surface area contributed by atoms with E-state index in [2.05, 4.69) is 10.1 Å². The number of nitrogen functional groups attached to an aromatic ring is 1. The summed E-state index contributed by atoms with van der Waals surface area (Å²) in [6.45, 7) is 4.74. The molecule has 0 spiro atoms. The largest absolute Gasteiger partial charge is 0.399 e. The van der Waals surface area contributed by atoms with Crippen molar-refractivity contribution in [1.82, 2.24) is 14.8 Å². The number of nitrogens with zero attached hydrogens (tertiary/aromatic N) is 3. The molecule has 1 heterocycles. The van der Waals surface area contributed by atoms with Crippen LogP contribution in [0, 0.1) is 0 Å². The predicted molar refractivity (Wildman–Crippen MR) is 61.3 cm³/mol. The Morgan fingerprint density at radius 3 is 2.40 bits per heavy atom. The van der Waals surface area contributed by atoms with Gasteiger partial charge in [-0.15, -0.1) is 0 Å². The van der Waals surface area contributed by atoms with E-state index in [4.69, 9.17) is 5.73 Å². The second kappa shape index (κ2) is 5.80. The van der Waals surface area contributed by atoms with Crippen molar-refractivity contribution in [3.8, 4) is 0 Å². The molecule has 4 heteroatoms. The van der Waals surface area contributed by atoms with Crippen LogP contribution in [0.25, 0.3) is 0 Å². The summed E-state index contributed by atoms with van der Waals surface area (Å²) in [5.74, 6) is 0. The number of benzene rings is 1. The molecule has 2 N–H and O–H groups in total. The van der Waals surface area contributed by atoms with E-state index < -0.39 is 0 Å². The van der Waals surface area contributed by atoms with Gasteiger partial charge in [-0.1, -0.05) is 26.0 Å². The summed E-state index contributed by atoms with van der Waals surface area (Å²) < 4.78 is 1.77. The van der Waals surface area contributed by atoms with Gasteiger partial charge in [0.05, 0.1) is 6.54 Å². The monoisotopic (exact) mass is 204 g/mol. The van der Waals surface area contributed by atoms with Gasteiger partial charge in [0.25, 0.3) is 0 Å². The molecule has 0 aliphatic heterocycles. The molecule has 0 saturated heterocycles. The van der Waals surface area contributed by atoms with Crippen LogP contribution in [0.2, 0.25) is 0 Å². The zero-order valence-corrected chi connectivity index (χ0v) is 9.09. The quantitative estimate of drug-likeness (QED) is 0.760. The number of hydrogen-bond donors (Lipinski definition) is 1. The first-order valence-electron chi connectivity index (χ1n) is 5.01. The first-order valence-corrected chi connectivity index (χ1v) is 5.01. The van der Waals surface area contributed by atoms with Gasteiger partial charge in [0.2, 0.25) is 0 Å². The molecule has 0 aliphatic carbocycles. The fourth-order valence-electron chi connectivity index (χ4n) is 1.12. The first kappa shape index (κ1) is 11.2. The lowest BCUT2D eigenvalue weighted by molar-refractivity contribution is 0.685. The average molecular weight is 204 g/mol. The third-order valence-corrected chi connectivity index (χ3v) is 1.79. The highest BCUT2D eigenvalue weighted by Crippen LogP contribution is 2.06. The summed E-state index contributed by atoms with van der Waals surface area (Å²) in [6, 6.07) is 7.73. The molecule has 2 aromatic rings. The lowest BCUT2D eigenvalue weighted by Crippen LogP contribution is -1.99. The van der Waals surface area contributed by atoms with Crippen LogP contribution in [0.4, 0.5) is 5.69 Å². The number of rotatable bonds is 2. The maximum absolute atomic E-state index is 5.57. The van der Waals surface area contributed by atoms with Crippen LogP contribution in [0.15, 0.2) is 36.9 Å². The second-order valence-corrected chi connectivity index (χ2v) is 2.83. The molecule has 0 saturated carbocycles. The molecule has 1 aromatic carbocycles. The Bertz CT molecular complexity index is 364. The van der Waals surface area contributed by atoms with E-state index in [-0.39, 0.29) is 0 Å². The Hall–Kier alpha value is -1.84. The van der Waals surface area contributed by atoms with Crippen LogP contribution in [-0.2, 0) is 6.54 Å². The minimum Gasteiger partial charge on any atom is -0.399 e. The third kappa shape index (κ3) is 3.42. The van der Waals surface area contributed by atoms with Crippen LogP contribution in [-0.4, -0.2) is 14.8 Å². The highest BCUT2D eigenvalue weighted by atomic mass is 15.3. The van der Waals surface area contributed by atoms with Gasteiger partial charge in [-0.3, -0.25) is 0 Å². The summed E-state index contributed by atoms with van der Waals surface area (Å²) in [4.78, 5) is 3.86. The van der Waals surface area contributed by atoms with Crippen molar-refractivity contribution in [2.75, 3.05) is 5.73 Å². The molecule has 0 atom stereocenters. The number of hydrogen-bond acceptors (Lipinski definition) is 3. The van der Waals surface area contributed by atoms with Gasteiger partial charge in [-0.25, -0.2) is 9.67 Å². The van der Waals surface area contributed by atoms with Gasteiger partial charge in [-0.05, 0) is 17.7 Å². The van der Waals surface area contributed by atoms with Crippen molar-refractivity contribution in [3.63, 3.8) is 0 Å².